The van der Waals surface area contributed by atoms with Gasteiger partial charge < -0.3 is 13.7 Å². The van der Waals surface area contributed by atoms with Crippen molar-refractivity contribution in [2.24, 2.45) is 0 Å². The Hall–Kier alpha value is -8.80. The van der Waals surface area contributed by atoms with Crippen LogP contribution in [0.1, 0.15) is 5.56 Å². The largest absolute Gasteiger partial charge is 0.310 e. The predicted molar refractivity (Wildman–Crippen MR) is 291 cm³/mol. The number of para-hydroxylation sites is 4. The van der Waals surface area contributed by atoms with Gasteiger partial charge in [0, 0.05) is 60.4 Å². The predicted octanol–water partition coefficient (Wildman–Crippen LogP) is 8.00. The number of nitriles is 1. The van der Waals surface area contributed by atoms with Gasteiger partial charge in [-0.2, -0.15) is 5.26 Å². The van der Waals surface area contributed by atoms with Crippen molar-refractivity contribution in [1.82, 2.24) is 28.7 Å². The molecule has 0 saturated carbocycles. The molecule has 70 heavy (non-hydrogen) atoms. The fourth-order valence-electron chi connectivity index (χ4n) is 10.4. The SMILES string of the molecule is [B]c1c([B])c([B])c(-n2c3ccccc3c3c2ccc2c4ccccc4n(-c4ccc(-c5nc(-c6ccccc6)nc(-c6ccc7c(c6)c6ccccc6n7-c6ccccc6)n5)cc4C#N)c23)c([B])c1[B]. The van der Waals surface area contributed by atoms with Crippen molar-refractivity contribution >= 4 is 132 Å². The van der Waals surface area contributed by atoms with Crippen LogP contribution in [0.25, 0.3) is 117 Å². The van der Waals surface area contributed by atoms with Gasteiger partial charge in [0.15, 0.2) is 17.5 Å². The minimum Gasteiger partial charge on any atom is -0.310 e. The number of nitrogens with zero attached hydrogens (tertiary/aromatic N) is 7. The number of hydrogen-bond donors (Lipinski definition) is 0. The lowest BCUT2D eigenvalue weighted by Crippen LogP contribution is -2.56. The molecule has 13 aromatic rings. The van der Waals surface area contributed by atoms with E-state index >= 15 is 0 Å². The summed E-state index contributed by atoms with van der Waals surface area (Å²) in [6, 6.07) is 63.8. The highest BCUT2D eigenvalue weighted by atomic mass is 15.0. The van der Waals surface area contributed by atoms with Gasteiger partial charge in [0.05, 0.1) is 44.4 Å². The maximum atomic E-state index is 11.2. The van der Waals surface area contributed by atoms with Crippen LogP contribution >= 0.6 is 0 Å². The molecule has 0 fully saturated rings. The first-order valence-electron chi connectivity index (χ1n) is 22.7. The third-order valence-corrected chi connectivity index (χ3v) is 13.6. The highest BCUT2D eigenvalue weighted by molar-refractivity contribution is 6.68. The van der Waals surface area contributed by atoms with E-state index in [-0.39, 0.29) is 27.3 Å². The molecule has 4 heterocycles. The molecule has 0 amide bonds. The van der Waals surface area contributed by atoms with Gasteiger partial charge in [-0.1, -0.05) is 120 Å². The summed E-state index contributed by atoms with van der Waals surface area (Å²) in [7, 11) is 32.7. The van der Waals surface area contributed by atoms with Gasteiger partial charge in [-0.15, -0.1) is 16.4 Å². The zero-order chi connectivity index (χ0) is 47.4. The molecule has 0 bridgehead atoms. The zero-order valence-electron chi connectivity index (χ0n) is 37.3. The monoisotopic (exact) mass is 879 g/mol. The minimum absolute atomic E-state index is 0.143. The highest BCUT2D eigenvalue weighted by Crippen LogP contribution is 2.43. The Bertz CT molecular complexity index is 4350. The number of aromatic nitrogens is 6. The lowest BCUT2D eigenvalue weighted by atomic mass is 9.61. The van der Waals surface area contributed by atoms with E-state index in [4.69, 9.17) is 54.2 Å². The first-order chi connectivity index (χ1) is 34.3. The highest BCUT2D eigenvalue weighted by Gasteiger charge is 2.25. The number of hydrogen-bond acceptors (Lipinski definition) is 4. The quantitative estimate of drug-likeness (QED) is 0.159. The number of fused-ring (bicyclic) bond motifs is 10. The molecule has 10 radical (unpaired) electrons. The van der Waals surface area contributed by atoms with Crippen LogP contribution in [0.5, 0.6) is 0 Å². The molecular formula is C58H30B5N7. The maximum Gasteiger partial charge on any atom is 0.164 e. The van der Waals surface area contributed by atoms with Crippen molar-refractivity contribution in [3.63, 3.8) is 0 Å². The molecule has 0 aliphatic heterocycles. The van der Waals surface area contributed by atoms with Crippen LogP contribution in [0.4, 0.5) is 0 Å². The van der Waals surface area contributed by atoms with Crippen molar-refractivity contribution < 1.29 is 0 Å². The van der Waals surface area contributed by atoms with Crippen molar-refractivity contribution in [3.8, 4) is 57.3 Å². The Morgan fingerprint density at radius 3 is 1.51 bits per heavy atom. The number of benzene rings is 9. The Kier molecular flexibility index (Phi) is 9.40. The van der Waals surface area contributed by atoms with Crippen molar-refractivity contribution in [1.29, 1.82) is 5.26 Å². The van der Waals surface area contributed by atoms with E-state index in [0.717, 1.165) is 82.2 Å². The lowest BCUT2D eigenvalue weighted by Gasteiger charge is -2.23. The van der Waals surface area contributed by atoms with Gasteiger partial charge in [0.25, 0.3) is 0 Å². The van der Waals surface area contributed by atoms with Crippen LogP contribution in [0.2, 0.25) is 0 Å². The first kappa shape index (κ1) is 41.4. The Morgan fingerprint density at radius 2 is 0.857 bits per heavy atom. The molecule has 312 valence electrons. The Balaban J connectivity index is 1.02. The van der Waals surface area contributed by atoms with E-state index in [1.165, 1.54) is 0 Å². The molecule has 0 spiro atoms. The van der Waals surface area contributed by atoms with Gasteiger partial charge >= 0.3 is 0 Å². The third kappa shape index (κ3) is 6.11. The van der Waals surface area contributed by atoms with E-state index < -0.39 is 0 Å². The van der Waals surface area contributed by atoms with Gasteiger partial charge in [0.1, 0.15) is 45.3 Å². The average molecular weight is 879 g/mol. The summed E-state index contributed by atoms with van der Waals surface area (Å²) < 4.78 is 6.45. The smallest absolute Gasteiger partial charge is 0.164 e. The molecule has 4 aromatic heterocycles. The lowest BCUT2D eigenvalue weighted by molar-refractivity contribution is 1.07. The molecule has 7 nitrogen and oxygen atoms in total. The summed E-state index contributed by atoms with van der Waals surface area (Å²) in [5.41, 5.74) is 11.5. The summed E-state index contributed by atoms with van der Waals surface area (Å²) >= 11 is 0. The summed E-state index contributed by atoms with van der Waals surface area (Å²) in [4.78, 5) is 15.3. The standard InChI is InChI=1S/C58H30B5N7/c59-49-50(60)52(62)55(53(63)51(49)61)70-45-22-12-9-19-40(45)48-47(70)28-25-39-37-17-7-11-21-44(37)69(54(39)48)42-26-23-33(29-35(42)31-64)57-65-56(32-13-3-1-4-14-32)66-58(67-57)34-24-27-46-41(30-34)38-18-8-10-20-43(38)68(46)36-15-5-2-6-16-36/h1-30H. The number of rotatable bonds is 6. The average Bonchev–Trinajstić information content (AvgIpc) is 4.05. The zero-order valence-corrected chi connectivity index (χ0v) is 37.3. The Morgan fingerprint density at radius 1 is 0.371 bits per heavy atom. The van der Waals surface area contributed by atoms with E-state index in [1.54, 1.807) is 0 Å². The van der Waals surface area contributed by atoms with Crippen LogP contribution in [0, 0.1) is 11.3 Å². The molecule has 13 rings (SSSR count). The summed E-state index contributed by atoms with van der Waals surface area (Å²) in [6.45, 7) is 0. The normalized spacial score (nSPS) is 11.7. The fraction of sp³-hybridized carbons (Fsp3) is 0. The van der Waals surface area contributed by atoms with E-state index in [2.05, 4.69) is 112 Å². The molecule has 0 atom stereocenters. The van der Waals surface area contributed by atoms with Crippen molar-refractivity contribution in [3.05, 3.63) is 188 Å². The van der Waals surface area contributed by atoms with E-state index in [0.29, 0.717) is 40.0 Å². The minimum atomic E-state index is 0.143. The van der Waals surface area contributed by atoms with Crippen molar-refractivity contribution in [2.75, 3.05) is 0 Å². The van der Waals surface area contributed by atoms with Crippen molar-refractivity contribution in [2.45, 2.75) is 0 Å². The molecular weight excluding hydrogens is 849 g/mol. The fourth-order valence-corrected chi connectivity index (χ4v) is 10.4. The van der Waals surface area contributed by atoms with E-state index in [1.807, 2.05) is 89.5 Å². The van der Waals surface area contributed by atoms with Crippen LogP contribution < -0.4 is 27.3 Å². The van der Waals surface area contributed by atoms with Gasteiger partial charge in [-0.3, -0.25) is 0 Å². The first-order valence-corrected chi connectivity index (χ1v) is 22.7. The maximum absolute atomic E-state index is 11.2. The molecule has 0 unspecified atom stereocenters. The van der Waals surface area contributed by atoms with Crippen LogP contribution in [0.15, 0.2) is 182 Å². The van der Waals surface area contributed by atoms with Crippen LogP contribution in [-0.2, 0) is 0 Å². The molecule has 0 N–H and O–H groups in total. The van der Waals surface area contributed by atoms with Gasteiger partial charge in [-0.05, 0) is 72.8 Å². The van der Waals surface area contributed by atoms with Gasteiger partial charge in [0.2, 0.25) is 0 Å². The Labute approximate surface area is 408 Å². The second-order valence-corrected chi connectivity index (χ2v) is 17.4. The molecule has 9 aromatic carbocycles. The topological polar surface area (TPSA) is 77.2 Å². The molecule has 0 aliphatic rings. The third-order valence-electron chi connectivity index (χ3n) is 13.6. The molecule has 0 saturated heterocycles. The van der Waals surface area contributed by atoms with Gasteiger partial charge in [-0.25, -0.2) is 15.0 Å². The summed E-state index contributed by atoms with van der Waals surface area (Å²) in [6.07, 6.45) is 0. The second-order valence-electron chi connectivity index (χ2n) is 17.4. The summed E-state index contributed by atoms with van der Waals surface area (Å²) in [5, 5.41) is 17.2. The second kappa shape index (κ2) is 15.9. The summed E-state index contributed by atoms with van der Waals surface area (Å²) in [5.74, 6) is 1.46. The van der Waals surface area contributed by atoms with Crippen LogP contribution in [-0.4, -0.2) is 67.9 Å². The van der Waals surface area contributed by atoms with E-state index in [9.17, 15) is 5.26 Å². The molecule has 12 heteroatoms. The molecule has 0 aliphatic carbocycles. The van der Waals surface area contributed by atoms with Crippen LogP contribution in [0.3, 0.4) is 0 Å².